The first-order valence-corrected chi connectivity index (χ1v) is 7.57. The molecule has 0 unspecified atom stereocenters. The summed E-state index contributed by atoms with van der Waals surface area (Å²) in [7, 11) is 0. The Kier molecular flexibility index (Phi) is 2.78. The van der Waals surface area contributed by atoms with Gasteiger partial charge in [0.1, 0.15) is 21.7 Å². The summed E-state index contributed by atoms with van der Waals surface area (Å²) in [6.07, 6.45) is 2.53. The van der Waals surface area contributed by atoms with E-state index in [1.165, 1.54) is 30.2 Å². The molecule has 8 heteroatoms. The molecule has 2 aromatic rings. The summed E-state index contributed by atoms with van der Waals surface area (Å²) in [6, 6.07) is 0. The van der Waals surface area contributed by atoms with Gasteiger partial charge < -0.3 is 4.57 Å². The van der Waals surface area contributed by atoms with E-state index in [2.05, 4.69) is 29.3 Å². The molecule has 0 aromatic carbocycles. The summed E-state index contributed by atoms with van der Waals surface area (Å²) in [6.45, 7) is 3.50. The Morgan fingerprint density at radius 2 is 2.11 bits per heavy atom. The Balaban J connectivity index is 1.51. The van der Waals surface area contributed by atoms with Crippen molar-refractivity contribution in [2.24, 2.45) is 0 Å². The Labute approximate surface area is 119 Å². The highest BCUT2D eigenvalue weighted by Gasteiger charge is 2.32. The highest BCUT2D eigenvalue weighted by atomic mass is 35.5. The largest absolute Gasteiger partial charge is 0.312 e. The van der Waals surface area contributed by atoms with E-state index in [1.54, 1.807) is 0 Å². The molecule has 0 saturated heterocycles. The van der Waals surface area contributed by atoms with Gasteiger partial charge in [0.15, 0.2) is 0 Å². The molecule has 0 atom stereocenters. The molecule has 0 amide bonds. The summed E-state index contributed by atoms with van der Waals surface area (Å²) in [5, 5.41) is 12.7. The highest BCUT2D eigenvalue weighted by molar-refractivity contribution is 7.10. The lowest BCUT2D eigenvalue weighted by Crippen LogP contribution is -2.34. The van der Waals surface area contributed by atoms with Gasteiger partial charge in [0.25, 0.3) is 0 Å². The molecule has 1 saturated carbocycles. The van der Waals surface area contributed by atoms with Crippen LogP contribution in [0.3, 0.4) is 0 Å². The van der Waals surface area contributed by atoms with Crippen LogP contribution in [0.5, 0.6) is 0 Å². The average Bonchev–Trinajstić information content (AvgIpc) is 3.06. The maximum absolute atomic E-state index is 6.05. The number of hydrogen-bond acceptors (Lipinski definition) is 6. The molecular formula is C11H13ClN6S. The molecule has 1 aliphatic heterocycles. The molecular weight excluding hydrogens is 284 g/mol. The lowest BCUT2D eigenvalue weighted by molar-refractivity contribution is 0.205. The second kappa shape index (κ2) is 4.50. The van der Waals surface area contributed by atoms with Crippen LogP contribution in [-0.2, 0) is 19.6 Å². The topological polar surface area (TPSA) is 59.7 Å². The SMILES string of the molecule is Clc1snnc1CN1CCn2c(nnc2C2CC2)C1. The maximum atomic E-state index is 6.05. The van der Waals surface area contributed by atoms with Gasteiger partial charge in [0, 0.05) is 37.1 Å². The summed E-state index contributed by atoms with van der Waals surface area (Å²) in [5.74, 6) is 2.90. The van der Waals surface area contributed by atoms with Gasteiger partial charge in [0.2, 0.25) is 0 Å². The molecule has 6 nitrogen and oxygen atoms in total. The van der Waals surface area contributed by atoms with Crippen molar-refractivity contribution < 1.29 is 0 Å². The van der Waals surface area contributed by atoms with Crippen molar-refractivity contribution in [3.63, 3.8) is 0 Å². The molecule has 0 spiro atoms. The highest BCUT2D eigenvalue weighted by Crippen LogP contribution is 2.39. The van der Waals surface area contributed by atoms with Gasteiger partial charge in [0.05, 0.1) is 6.54 Å². The zero-order valence-corrected chi connectivity index (χ0v) is 11.9. The van der Waals surface area contributed by atoms with Gasteiger partial charge in [-0.1, -0.05) is 16.1 Å². The molecule has 2 aliphatic rings. The van der Waals surface area contributed by atoms with Crippen LogP contribution in [0.4, 0.5) is 0 Å². The molecule has 0 radical (unpaired) electrons. The van der Waals surface area contributed by atoms with E-state index in [-0.39, 0.29) is 0 Å². The minimum Gasteiger partial charge on any atom is -0.312 e. The van der Waals surface area contributed by atoms with Crippen LogP contribution in [0.2, 0.25) is 4.34 Å². The van der Waals surface area contributed by atoms with Crippen molar-refractivity contribution in [1.82, 2.24) is 29.3 Å². The third-order valence-corrected chi connectivity index (χ3v) is 4.67. The van der Waals surface area contributed by atoms with Gasteiger partial charge in [-0.15, -0.1) is 15.3 Å². The van der Waals surface area contributed by atoms with Crippen molar-refractivity contribution in [1.29, 1.82) is 0 Å². The van der Waals surface area contributed by atoms with E-state index in [0.717, 1.165) is 37.7 Å². The number of aromatic nitrogens is 5. The molecule has 100 valence electrons. The Hall–Kier alpha value is -1.05. The molecule has 1 aliphatic carbocycles. The predicted octanol–water partition coefficient (Wildman–Crippen LogP) is 1.68. The van der Waals surface area contributed by atoms with E-state index < -0.39 is 0 Å². The van der Waals surface area contributed by atoms with Crippen LogP contribution in [0, 0.1) is 0 Å². The summed E-state index contributed by atoms with van der Waals surface area (Å²) in [5.41, 5.74) is 0.863. The number of rotatable bonds is 3. The van der Waals surface area contributed by atoms with Crippen molar-refractivity contribution in [3.8, 4) is 0 Å². The normalized spacial score (nSPS) is 19.6. The molecule has 4 rings (SSSR count). The molecule has 0 N–H and O–H groups in total. The van der Waals surface area contributed by atoms with Gasteiger partial charge in [-0.25, -0.2) is 0 Å². The van der Waals surface area contributed by atoms with Crippen molar-refractivity contribution in [2.75, 3.05) is 6.54 Å². The smallest absolute Gasteiger partial charge is 0.147 e. The van der Waals surface area contributed by atoms with E-state index in [4.69, 9.17) is 11.6 Å². The first-order valence-electron chi connectivity index (χ1n) is 6.42. The minimum absolute atomic E-state index is 0.657. The van der Waals surface area contributed by atoms with Crippen LogP contribution in [0.25, 0.3) is 0 Å². The van der Waals surface area contributed by atoms with Crippen molar-refractivity contribution >= 4 is 23.1 Å². The van der Waals surface area contributed by atoms with Crippen LogP contribution in [0.15, 0.2) is 0 Å². The average molecular weight is 297 g/mol. The number of halogens is 1. The zero-order valence-electron chi connectivity index (χ0n) is 10.3. The first-order chi connectivity index (χ1) is 9.31. The second-order valence-corrected chi connectivity index (χ2v) is 6.46. The number of hydrogen-bond donors (Lipinski definition) is 0. The van der Waals surface area contributed by atoms with Crippen LogP contribution in [-0.4, -0.2) is 35.8 Å². The van der Waals surface area contributed by atoms with Gasteiger partial charge >= 0.3 is 0 Å². The van der Waals surface area contributed by atoms with Crippen LogP contribution >= 0.6 is 23.1 Å². The summed E-state index contributed by atoms with van der Waals surface area (Å²) in [4.78, 5) is 2.29. The Morgan fingerprint density at radius 1 is 1.21 bits per heavy atom. The summed E-state index contributed by atoms with van der Waals surface area (Å²) >= 11 is 7.29. The Bertz CT molecular complexity index is 604. The Morgan fingerprint density at radius 3 is 2.84 bits per heavy atom. The van der Waals surface area contributed by atoms with Crippen molar-refractivity contribution in [3.05, 3.63) is 21.7 Å². The van der Waals surface area contributed by atoms with Crippen LogP contribution in [0.1, 0.15) is 36.1 Å². The zero-order chi connectivity index (χ0) is 12.8. The molecule has 1 fully saturated rings. The third kappa shape index (κ3) is 2.15. The van der Waals surface area contributed by atoms with E-state index in [0.29, 0.717) is 10.3 Å². The van der Waals surface area contributed by atoms with Crippen molar-refractivity contribution in [2.45, 2.75) is 38.4 Å². The lowest BCUT2D eigenvalue weighted by Gasteiger charge is -2.26. The van der Waals surface area contributed by atoms with E-state index in [9.17, 15) is 0 Å². The lowest BCUT2D eigenvalue weighted by atomic mass is 10.3. The fourth-order valence-electron chi connectivity index (χ4n) is 2.51. The fraction of sp³-hybridized carbons (Fsp3) is 0.636. The summed E-state index contributed by atoms with van der Waals surface area (Å²) < 4.78 is 6.84. The third-order valence-electron chi connectivity index (χ3n) is 3.69. The standard InChI is InChI=1S/C11H13ClN6S/c12-10-8(13-16-19-10)5-17-3-4-18-9(6-17)14-15-11(18)7-1-2-7/h7H,1-6H2. The first kappa shape index (κ1) is 11.7. The van der Waals surface area contributed by atoms with Crippen LogP contribution < -0.4 is 0 Å². The van der Waals surface area contributed by atoms with E-state index >= 15 is 0 Å². The van der Waals surface area contributed by atoms with Gasteiger partial charge in [-0.05, 0) is 12.8 Å². The monoisotopic (exact) mass is 296 g/mol. The van der Waals surface area contributed by atoms with E-state index in [1.807, 2.05) is 0 Å². The van der Waals surface area contributed by atoms with Gasteiger partial charge in [-0.3, -0.25) is 4.90 Å². The van der Waals surface area contributed by atoms with Gasteiger partial charge in [-0.2, -0.15) is 0 Å². The second-order valence-electron chi connectivity index (χ2n) is 5.10. The molecule has 3 heterocycles. The molecule has 2 aromatic heterocycles. The fourth-order valence-corrected chi connectivity index (χ4v) is 3.12. The maximum Gasteiger partial charge on any atom is 0.147 e. The molecule has 19 heavy (non-hydrogen) atoms. The molecule has 0 bridgehead atoms. The quantitative estimate of drug-likeness (QED) is 0.862. The number of nitrogens with zero attached hydrogens (tertiary/aromatic N) is 6. The predicted molar refractivity (Wildman–Crippen MR) is 71.0 cm³/mol. The minimum atomic E-state index is 0.657. The number of fused-ring (bicyclic) bond motifs is 1.